The summed E-state index contributed by atoms with van der Waals surface area (Å²) in [5.74, 6) is 0. The molecule has 0 saturated carbocycles. The van der Waals surface area contributed by atoms with Crippen LogP contribution in [0, 0.1) is 6.42 Å². The molecule has 0 aromatic carbocycles. The van der Waals surface area contributed by atoms with Gasteiger partial charge in [0, 0.05) is 0 Å². The van der Waals surface area contributed by atoms with Crippen molar-refractivity contribution in [2.45, 2.75) is 20.3 Å². The molecule has 0 fully saturated rings. The molecular weight excluding hydrogens is 143 g/mol. The van der Waals surface area contributed by atoms with Crippen LogP contribution in [0.15, 0.2) is 10.1 Å². The van der Waals surface area contributed by atoms with Crippen LogP contribution in [-0.4, -0.2) is 0 Å². The van der Waals surface area contributed by atoms with E-state index in [1.807, 2.05) is 20.3 Å². The molecule has 47 valence electrons. The van der Waals surface area contributed by atoms with Crippen molar-refractivity contribution in [3.05, 3.63) is 16.5 Å². The lowest BCUT2D eigenvalue weighted by molar-refractivity contribution is 1.11. The minimum absolute atomic E-state index is 0.392. The third-order valence-electron chi connectivity index (χ3n) is 0.833. The number of rotatable bonds is 2. The lowest BCUT2D eigenvalue weighted by atomic mass is 10.2. The molecule has 0 aromatic rings. The van der Waals surface area contributed by atoms with Gasteiger partial charge in [0.2, 0.25) is 0 Å². The number of hydrogen-bond donors (Lipinski definition) is 0. The summed E-state index contributed by atoms with van der Waals surface area (Å²) < 4.78 is 0.392. The highest BCUT2D eigenvalue weighted by Crippen LogP contribution is 2.16. The first-order chi connectivity index (χ1) is 3.68. The SMILES string of the molecule is C[CH]CC(C)=C(Cl)Cl. The monoisotopic (exact) mass is 151 g/mol. The van der Waals surface area contributed by atoms with E-state index in [0.717, 1.165) is 12.0 Å². The highest BCUT2D eigenvalue weighted by atomic mass is 35.5. The molecule has 0 spiro atoms. The molecule has 0 aromatic heterocycles. The molecule has 0 N–H and O–H groups in total. The first kappa shape index (κ1) is 8.32. The van der Waals surface area contributed by atoms with Gasteiger partial charge in [-0.05, 0) is 25.3 Å². The summed E-state index contributed by atoms with van der Waals surface area (Å²) in [6.07, 6.45) is 2.89. The summed E-state index contributed by atoms with van der Waals surface area (Å²) in [7, 11) is 0. The molecule has 0 aliphatic carbocycles. The molecule has 0 amide bonds. The third kappa shape index (κ3) is 3.34. The lowest BCUT2D eigenvalue weighted by Gasteiger charge is -1.94. The molecule has 0 saturated heterocycles. The fourth-order valence-corrected chi connectivity index (χ4v) is 0.538. The zero-order valence-electron chi connectivity index (χ0n) is 5.04. The van der Waals surface area contributed by atoms with Crippen molar-refractivity contribution < 1.29 is 0 Å². The quantitative estimate of drug-likeness (QED) is 0.569. The molecule has 0 atom stereocenters. The van der Waals surface area contributed by atoms with Gasteiger partial charge in [-0.25, -0.2) is 0 Å². The van der Waals surface area contributed by atoms with Gasteiger partial charge in [-0.15, -0.1) is 0 Å². The Morgan fingerprint density at radius 3 is 2.12 bits per heavy atom. The number of hydrogen-bond acceptors (Lipinski definition) is 0. The standard InChI is InChI=1S/C6H9Cl2/c1-3-4-5(2)6(7)8/h3H,4H2,1-2H3. The van der Waals surface area contributed by atoms with Crippen LogP contribution in [0.3, 0.4) is 0 Å². The van der Waals surface area contributed by atoms with Crippen molar-refractivity contribution in [1.82, 2.24) is 0 Å². The maximum absolute atomic E-state index is 5.43. The molecule has 0 heterocycles. The molecule has 8 heavy (non-hydrogen) atoms. The summed E-state index contributed by atoms with van der Waals surface area (Å²) in [4.78, 5) is 0. The molecule has 2 heteroatoms. The highest BCUT2D eigenvalue weighted by molar-refractivity contribution is 6.56. The van der Waals surface area contributed by atoms with Gasteiger partial charge < -0.3 is 0 Å². The molecular formula is C6H9Cl2. The molecule has 0 rings (SSSR count). The van der Waals surface area contributed by atoms with Gasteiger partial charge in [-0.2, -0.15) is 0 Å². The number of allylic oxidation sites excluding steroid dienone is 1. The third-order valence-corrected chi connectivity index (χ3v) is 1.48. The van der Waals surface area contributed by atoms with Gasteiger partial charge in [0.1, 0.15) is 4.49 Å². The maximum Gasteiger partial charge on any atom is 0.105 e. The minimum atomic E-state index is 0.392. The second-order valence-electron chi connectivity index (χ2n) is 1.65. The van der Waals surface area contributed by atoms with Crippen LogP contribution in [0.25, 0.3) is 0 Å². The van der Waals surface area contributed by atoms with E-state index in [-0.39, 0.29) is 0 Å². The van der Waals surface area contributed by atoms with Gasteiger partial charge in [0.25, 0.3) is 0 Å². The van der Waals surface area contributed by atoms with Crippen molar-refractivity contribution in [3.63, 3.8) is 0 Å². The van der Waals surface area contributed by atoms with Crippen LogP contribution >= 0.6 is 23.2 Å². The van der Waals surface area contributed by atoms with Gasteiger partial charge in [0.05, 0.1) is 0 Å². The van der Waals surface area contributed by atoms with E-state index in [9.17, 15) is 0 Å². The normalized spacial score (nSPS) is 9.00. The molecule has 1 radical (unpaired) electrons. The fourth-order valence-electron chi connectivity index (χ4n) is 0.383. The van der Waals surface area contributed by atoms with E-state index >= 15 is 0 Å². The van der Waals surface area contributed by atoms with E-state index in [4.69, 9.17) is 23.2 Å². The van der Waals surface area contributed by atoms with Gasteiger partial charge in [-0.1, -0.05) is 30.1 Å². The second kappa shape index (κ2) is 4.22. The van der Waals surface area contributed by atoms with Crippen molar-refractivity contribution >= 4 is 23.2 Å². The Balaban J connectivity index is 3.62. The lowest BCUT2D eigenvalue weighted by Crippen LogP contribution is -1.74. The van der Waals surface area contributed by atoms with Crippen molar-refractivity contribution in [2.75, 3.05) is 0 Å². The number of halogens is 2. The smallest absolute Gasteiger partial charge is 0.0710 e. The van der Waals surface area contributed by atoms with E-state index in [1.54, 1.807) is 0 Å². The molecule has 0 nitrogen and oxygen atoms in total. The van der Waals surface area contributed by atoms with Gasteiger partial charge >= 0.3 is 0 Å². The summed E-state index contributed by atoms with van der Waals surface area (Å²) >= 11 is 10.9. The minimum Gasteiger partial charge on any atom is -0.0710 e. The summed E-state index contributed by atoms with van der Waals surface area (Å²) in [5, 5.41) is 0. The first-order valence-corrected chi connectivity index (χ1v) is 3.22. The zero-order valence-corrected chi connectivity index (χ0v) is 6.55. The Morgan fingerprint density at radius 2 is 2.00 bits per heavy atom. The Kier molecular flexibility index (Phi) is 4.39. The average Bonchev–Trinajstić information content (AvgIpc) is 1.67. The van der Waals surface area contributed by atoms with Gasteiger partial charge in [-0.3, -0.25) is 0 Å². The Bertz CT molecular complexity index is 90.7. The molecule has 0 bridgehead atoms. The topological polar surface area (TPSA) is 0 Å². The van der Waals surface area contributed by atoms with Crippen LogP contribution in [0.1, 0.15) is 20.3 Å². The van der Waals surface area contributed by atoms with Crippen LogP contribution in [0.2, 0.25) is 0 Å². The Morgan fingerprint density at radius 1 is 1.50 bits per heavy atom. The largest absolute Gasteiger partial charge is 0.105 e. The Hall–Kier alpha value is 0.320. The second-order valence-corrected chi connectivity index (χ2v) is 2.60. The molecule has 0 aliphatic heterocycles. The molecule has 0 aliphatic rings. The van der Waals surface area contributed by atoms with Gasteiger partial charge in [0.15, 0.2) is 0 Å². The van der Waals surface area contributed by atoms with Crippen LogP contribution in [0.4, 0.5) is 0 Å². The zero-order chi connectivity index (χ0) is 6.57. The van der Waals surface area contributed by atoms with E-state index in [1.165, 1.54) is 0 Å². The first-order valence-electron chi connectivity index (χ1n) is 2.47. The average molecular weight is 152 g/mol. The van der Waals surface area contributed by atoms with Crippen LogP contribution in [0.5, 0.6) is 0 Å². The fraction of sp³-hybridized carbons (Fsp3) is 0.500. The highest BCUT2D eigenvalue weighted by Gasteiger charge is 1.91. The van der Waals surface area contributed by atoms with E-state index < -0.39 is 0 Å². The molecule has 0 unspecified atom stereocenters. The maximum atomic E-state index is 5.43. The Labute approximate surface area is 60.5 Å². The van der Waals surface area contributed by atoms with E-state index in [0.29, 0.717) is 4.49 Å². The predicted octanol–water partition coefficient (Wildman–Crippen LogP) is 3.31. The predicted molar refractivity (Wildman–Crippen MR) is 39.0 cm³/mol. The summed E-state index contributed by atoms with van der Waals surface area (Å²) in [5.41, 5.74) is 1.02. The summed E-state index contributed by atoms with van der Waals surface area (Å²) in [6.45, 7) is 3.88. The summed E-state index contributed by atoms with van der Waals surface area (Å²) in [6, 6.07) is 0. The van der Waals surface area contributed by atoms with Crippen molar-refractivity contribution in [1.29, 1.82) is 0 Å². The van der Waals surface area contributed by atoms with Crippen molar-refractivity contribution in [2.24, 2.45) is 0 Å². The van der Waals surface area contributed by atoms with E-state index in [2.05, 4.69) is 0 Å². The van der Waals surface area contributed by atoms with Crippen LogP contribution < -0.4 is 0 Å². The van der Waals surface area contributed by atoms with Crippen molar-refractivity contribution in [3.8, 4) is 0 Å². The van der Waals surface area contributed by atoms with Crippen LogP contribution in [-0.2, 0) is 0 Å².